The number of rotatable bonds is 3. The number of fused-ring (bicyclic) bond motifs is 1. The van der Waals surface area contributed by atoms with Crippen molar-refractivity contribution in [1.29, 1.82) is 0 Å². The first-order valence-corrected chi connectivity index (χ1v) is 7.71. The number of carboxylic acid groups (broad SMARTS) is 1. The molecular formula is C14H8Cl2N2O3S. The topological polar surface area (TPSA) is 71.7 Å². The summed E-state index contributed by atoms with van der Waals surface area (Å²) in [7, 11) is 0. The minimum Gasteiger partial charge on any atom is -0.477 e. The first kappa shape index (κ1) is 15.0. The first-order valence-electron chi connectivity index (χ1n) is 6.13. The summed E-state index contributed by atoms with van der Waals surface area (Å²) in [6.45, 7) is 0. The molecular weight excluding hydrogens is 347 g/mol. The number of halogens is 2. The molecule has 0 amide bonds. The zero-order valence-corrected chi connectivity index (χ0v) is 13.2. The Morgan fingerprint density at radius 1 is 1.36 bits per heavy atom. The molecule has 3 rings (SSSR count). The fourth-order valence-corrected chi connectivity index (χ4v) is 3.38. The number of aromatic nitrogens is 2. The van der Waals surface area contributed by atoms with Gasteiger partial charge in [0.25, 0.3) is 5.56 Å². The van der Waals surface area contributed by atoms with E-state index in [2.05, 4.69) is 4.98 Å². The summed E-state index contributed by atoms with van der Waals surface area (Å²) in [4.78, 5) is 28.3. The van der Waals surface area contributed by atoms with Gasteiger partial charge in [0.2, 0.25) is 0 Å². The molecule has 1 aromatic carbocycles. The second-order valence-corrected chi connectivity index (χ2v) is 6.40. The molecule has 0 aliphatic rings. The van der Waals surface area contributed by atoms with Gasteiger partial charge in [-0.15, -0.1) is 11.3 Å². The molecule has 0 saturated carbocycles. The third-order valence-electron chi connectivity index (χ3n) is 3.08. The van der Waals surface area contributed by atoms with Crippen molar-refractivity contribution in [3.05, 3.63) is 67.0 Å². The summed E-state index contributed by atoms with van der Waals surface area (Å²) in [5.74, 6) is -1.29. The lowest BCUT2D eigenvalue weighted by molar-refractivity contribution is 0.0694. The van der Waals surface area contributed by atoms with Crippen LogP contribution in [0.4, 0.5) is 0 Å². The first-order chi connectivity index (χ1) is 10.5. The van der Waals surface area contributed by atoms with Crippen LogP contribution < -0.4 is 5.56 Å². The van der Waals surface area contributed by atoms with Crippen LogP contribution >= 0.6 is 34.5 Å². The van der Waals surface area contributed by atoms with Crippen molar-refractivity contribution >= 4 is 45.5 Å². The highest BCUT2D eigenvalue weighted by Crippen LogP contribution is 2.28. The van der Waals surface area contributed by atoms with Gasteiger partial charge in [0.05, 0.1) is 16.2 Å². The highest BCUT2D eigenvalue weighted by atomic mass is 35.5. The van der Waals surface area contributed by atoms with Crippen LogP contribution in [0.3, 0.4) is 0 Å². The van der Waals surface area contributed by atoms with Gasteiger partial charge in [-0.1, -0.05) is 35.3 Å². The van der Waals surface area contributed by atoms with E-state index in [1.165, 1.54) is 15.7 Å². The lowest BCUT2D eigenvalue weighted by Crippen LogP contribution is -2.21. The Morgan fingerprint density at radius 3 is 2.86 bits per heavy atom. The molecule has 3 aromatic rings. The van der Waals surface area contributed by atoms with Crippen LogP contribution in [0.5, 0.6) is 0 Å². The highest BCUT2D eigenvalue weighted by molar-refractivity contribution is 7.17. The quantitative estimate of drug-likeness (QED) is 0.782. The smallest absolute Gasteiger partial charge is 0.342 e. The molecule has 8 heteroatoms. The van der Waals surface area contributed by atoms with Crippen molar-refractivity contribution in [2.24, 2.45) is 0 Å². The van der Waals surface area contributed by atoms with E-state index in [0.717, 1.165) is 16.6 Å². The monoisotopic (exact) mass is 354 g/mol. The van der Waals surface area contributed by atoms with E-state index in [1.54, 1.807) is 18.3 Å². The molecule has 22 heavy (non-hydrogen) atoms. The Morgan fingerprint density at radius 2 is 2.14 bits per heavy atom. The Labute approximate surface area is 138 Å². The standard InChI is InChI=1S/C14H8Cl2N2O3S/c15-10-3-1-2-7(11(10)16)4-8-6-18-12(19)9(13(20)21)5-17-14(18)22-8/h1-3,5-6H,4H2,(H,20,21). The number of benzene rings is 1. The van der Waals surface area contributed by atoms with Crippen molar-refractivity contribution < 1.29 is 9.90 Å². The summed E-state index contributed by atoms with van der Waals surface area (Å²) in [6, 6.07) is 5.34. The molecule has 112 valence electrons. The predicted octanol–water partition coefficient (Wildman–Crippen LogP) is 3.35. The third kappa shape index (κ3) is 2.61. The van der Waals surface area contributed by atoms with Crippen molar-refractivity contribution in [2.45, 2.75) is 6.42 Å². The average molecular weight is 355 g/mol. The molecule has 0 saturated heterocycles. The van der Waals surface area contributed by atoms with Crippen molar-refractivity contribution in [3.63, 3.8) is 0 Å². The number of carbonyl (C=O) groups is 1. The summed E-state index contributed by atoms with van der Waals surface area (Å²) >= 11 is 13.4. The number of hydrogen-bond donors (Lipinski definition) is 1. The zero-order valence-electron chi connectivity index (χ0n) is 10.9. The van der Waals surface area contributed by atoms with Crippen LogP contribution in [-0.4, -0.2) is 20.5 Å². The maximum absolute atomic E-state index is 12.1. The molecule has 0 aliphatic heterocycles. The number of nitrogens with zero attached hydrogens (tertiary/aromatic N) is 2. The second-order valence-electron chi connectivity index (χ2n) is 4.52. The minimum atomic E-state index is -1.29. The highest BCUT2D eigenvalue weighted by Gasteiger charge is 2.14. The Bertz CT molecular complexity index is 949. The largest absolute Gasteiger partial charge is 0.477 e. The molecule has 2 heterocycles. The lowest BCUT2D eigenvalue weighted by Gasteiger charge is -2.03. The van der Waals surface area contributed by atoms with Gasteiger partial charge in [-0.05, 0) is 11.6 Å². The molecule has 0 spiro atoms. The maximum Gasteiger partial charge on any atom is 0.342 e. The van der Waals surface area contributed by atoms with Crippen LogP contribution in [0, 0.1) is 0 Å². The molecule has 0 fully saturated rings. The van der Waals surface area contributed by atoms with Gasteiger partial charge in [0.1, 0.15) is 5.56 Å². The van der Waals surface area contributed by atoms with E-state index in [1.807, 2.05) is 6.07 Å². The molecule has 0 unspecified atom stereocenters. The average Bonchev–Trinajstić information content (AvgIpc) is 2.87. The van der Waals surface area contributed by atoms with Crippen LogP contribution in [0.2, 0.25) is 10.0 Å². The molecule has 2 aromatic heterocycles. The van der Waals surface area contributed by atoms with E-state index in [9.17, 15) is 9.59 Å². The Hall–Kier alpha value is -1.89. The zero-order chi connectivity index (χ0) is 15.9. The summed E-state index contributed by atoms with van der Waals surface area (Å²) < 4.78 is 1.24. The van der Waals surface area contributed by atoms with Gasteiger partial charge < -0.3 is 5.11 Å². The molecule has 0 aliphatic carbocycles. The van der Waals surface area contributed by atoms with E-state index in [-0.39, 0.29) is 5.56 Å². The molecule has 1 N–H and O–H groups in total. The molecule has 0 bridgehead atoms. The van der Waals surface area contributed by atoms with Gasteiger partial charge in [-0.25, -0.2) is 9.78 Å². The summed E-state index contributed by atoms with van der Waals surface area (Å²) in [5, 5.41) is 9.88. The van der Waals surface area contributed by atoms with Crippen LogP contribution in [0.25, 0.3) is 4.96 Å². The van der Waals surface area contributed by atoms with Gasteiger partial charge in [-0.2, -0.15) is 0 Å². The number of aromatic carboxylic acids is 1. The van der Waals surface area contributed by atoms with Crippen LogP contribution in [-0.2, 0) is 6.42 Å². The van der Waals surface area contributed by atoms with E-state index >= 15 is 0 Å². The Balaban J connectivity index is 2.06. The third-order valence-corrected chi connectivity index (χ3v) is 4.94. The fourth-order valence-electron chi connectivity index (χ4n) is 2.03. The SMILES string of the molecule is O=C(O)c1cnc2sc(Cc3cccc(Cl)c3Cl)cn2c1=O. The van der Waals surface area contributed by atoms with Crippen LogP contribution in [0.1, 0.15) is 20.8 Å². The fraction of sp³-hybridized carbons (Fsp3) is 0.0714. The number of carboxylic acids is 1. The van der Waals surface area contributed by atoms with E-state index in [4.69, 9.17) is 28.3 Å². The van der Waals surface area contributed by atoms with Crippen molar-refractivity contribution in [2.75, 3.05) is 0 Å². The Kier molecular flexibility index (Phi) is 3.90. The van der Waals surface area contributed by atoms with Gasteiger partial charge >= 0.3 is 5.97 Å². The van der Waals surface area contributed by atoms with Crippen LogP contribution in [0.15, 0.2) is 35.4 Å². The summed E-state index contributed by atoms with van der Waals surface area (Å²) in [6.07, 6.45) is 3.14. The number of hydrogen-bond acceptors (Lipinski definition) is 4. The maximum atomic E-state index is 12.1. The second kappa shape index (κ2) is 5.72. The van der Waals surface area contributed by atoms with Gasteiger partial charge in [-0.3, -0.25) is 9.20 Å². The van der Waals surface area contributed by atoms with Crippen molar-refractivity contribution in [1.82, 2.24) is 9.38 Å². The normalized spacial score (nSPS) is 11.0. The van der Waals surface area contributed by atoms with Crippen molar-refractivity contribution in [3.8, 4) is 0 Å². The number of thiazole rings is 1. The van der Waals surface area contributed by atoms with E-state index < -0.39 is 11.5 Å². The summed E-state index contributed by atoms with van der Waals surface area (Å²) in [5.41, 5.74) is -0.132. The van der Waals surface area contributed by atoms with E-state index in [0.29, 0.717) is 21.4 Å². The molecule has 0 atom stereocenters. The van der Waals surface area contributed by atoms with Gasteiger partial charge in [0.15, 0.2) is 4.96 Å². The lowest BCUT2D eigenvalue weighted by atomic mass is 10.1. The molecule has 0 radical (unpaired) electrons. The minimum absolute atomic E-state index is 0.359. The van der Waals surface area contributed by atoms with Gasteiger partial charge in [0, 0.05) is 17.5 Å². The molecule has 5 nitrogen and oxygen atoms in total. The predicted molar refractivity (Wildman–Crippen MR) is 85.6 cm³/mol.